The van der Waals surface area contributed by atoms with Gasteiger partial charge in [0.05, 0.1) is 35.6 Å². The predicted molar refractivity (Wildman–Crippen MR) is 131 cm³/mol. The summed E-state index contributed by atoms with van der Waals surface area (Å²) in [6.45, 7) is 3.10. The van der Waals surface area contributed by atoms with Gasteiger partial charge in [-0.25, -0.2) is 18.4 Å². The van der Waals surface area contributed by atoms with Crippen molar-refractivity contribution in [3.8, 4) is 11.3 Å². The maximum absolute atomic E-state index is 12.6. The largest absolute Gasteiger partial charge is 0.378 e. The summed E-state index contributed by atoms with van der Waals surface area (Å²) in [6, 6.07) is 16.1. The number of hydrogen-bond donors (Lipinski definition) is 2. The topological polar surface area (TPSA) is 117 Å². The molecule has 0 amide bonds. The molecule has 0 spiro atoms. The van der Waals surface area contributed by atoms with Crippen LogP contribution in [0.3, 0.4) is 0 Å². The van der Waals surface area contributed by atoms with Gasteiger partial charge in [-0.2, -0.15) is 0 Å². The molecule has 5 rings (SSSR count). The lowest BCUT2D eigenvalue weighted by Crippen LogP contribution is -2.36. The molecular formula is C24H23N5O4S. The van der Waals surface area contributed by atoms with Gasteiger partial charge in [-0.1, -0.05) is 12.1 Å². The van der Waals surface area contributed by atoms with Crippen LogP contribution in [0.15, 0.2) is 70.6 Å². The van der Waals surface area contributed by atoms with E-state index in [0.717, 1.165) is 30.7 Å². The monoisotopic (exact) mass is 477 g/mol. The number of fused-ring (bicyclic) bond motifs is 1. The Kier molecular flexibility index (Phi) is 5.76. The van der Waals surface area contributed by atoms with Crippen molar-refractivity contribution in [2.75, 3.05) is 42.8 Å². The molecule has 1 aliphatic heterocycles. The second-order valence-corrected chi connectivity index (χ2v) is 10.1. The van der Waals surface area contributed by atoms with Crippen LogP contribution < -0.4 is 15.8 Å². The Bertz CT molecular complexity index is 1510. The van der Waals surface area contributed by atoms with Gasteiger partial charge in [-0.3, -0.25) is 4.79 Å². The number of aromatic amines is 1. The minimum atomic E-state index is -3.38. The fourth-order valence-electron chi connectivity index (χ4n) is 3.93. The van der Waals surface area contributed by atoms with E-state index in [-0.39, 0.29) is 10.5 Å². The summed E-state index contributed by atoms with van der Waals surface area (Å²) in [5.74, 6) is 0.339. The van der Waals surface area contributed by atoms with E-state index in [1.54, 1.807) is 24.3 Å². The number of nitrogens with zero attached hydrogens (tertiary/aromatic N) is 3. The van der Waals surface area contributed by atoms with Gasteiger partial charge >= 0.3 is 0 Å². The van der Waals surface area contributed by atoms with Crippen molar-refractivity contribution in [1.82, 2.24) is 15.0 Å². The normalized spacial score (nSPS) is 14.3. The summed E-state index contributed by atoms with van der Waals surface area (Å²) in [7, 11) is -3.38. The molecular weight excluding hydrogens is 454 g/mol. The van der Waals surface area contributed by atoms with Gasteiger partial charge < -0.3 is 19.9 Å². The fraction of sp³-hybridized carbons (Fsp3) is 0.208. The van der Waals surface area contributed by atoms with Crippen LogP contribution >= 0.6 is 0 Å². The second-order valence-electron chi connectivity index (χ2n) is 8.05. The van der Waals surface area contributed by atoms with E-state index in [0.29, 0.717) is 41.2 Å². The summed E-state index contributed by atoms with van der Waals surface area (Å²) in [6.07, 6.45) is 2.50. The molecule has 0 aliphatic carbocycles. The van der Waals surface area contributed by atoms with E-state index in [1.165, 1.54) is 12.4 Å². The molecule has 2 N–H and O–H groups in total. The minimum absolute atomic E-state index is 0.193. The summed E-state index contributed by atoms with van der Waals surface area (Å²) in [5, 5.41) is 3.56. The minimum Gasteiger partial charge on any atom is -0.378 e. The first kappa shape index (κ1) is 22.1. The summed E-state index contributed by atoms with van der Waals surface area (Å²) in [4.78, 5) is 26.6. The number of benzene rings is 2. The average Bonchev–Trinajstić information content (AvgIpc) is 2.84. The van der Waals surface area contributed by atoms with Gasteiger partial charge in [0.15, 0.2) is 9.84 Å². The van der Waals surface area contributed by atoms with Gasteiger partial charge in [-0.05, 0) is 42.5 Å². The highest BCUT2D eigenvalue weighted by atomic mass is 32.2. The Morgan fingerprint density at radius 3 is 2.56 bits per heavy atom. The van der Waals surface area contributed by atoms with Crippen LogP contribution in [0.4, 0.5) is 17.2 Å². The van der Waals surface area contributed by atoms with Gasteiger partial charge in [-0.15, -0.1) is 0 Å². The summed E-state index contributed by atoms with van der Waals surface area (Å²) < 4.78 is 29.5. The van der Waals surface area contributed by atoms with Crippen molar-refractivity contribution < 1.29 is 13.2 Å². The number of aromatic nitrogens is 3. The molecule has 2 aromatic heterocycles. The van der Waals surface area contributed by atoms with E-state index < -0.39 is 9.84 Å². The lowest BCUT2D eigenvalue weighted by molar-refractivity contribution is 0.122. The molecule has 0 unspecified atom stereocenters. The third-order valence-electron chi connectivity index (χ3n) is 5.69. The standard InChI is InChI=1S/C24H23N5O4S/c1-34(31,32)19-4-2-3-16(13-19)20-14-21-22(24(30)26-15-25-21)23(28-20)27-17-5-7-18(8-6-17)29-9-11-33-12-10-29/h2-8,13-15H,9-12H2,1H3,(H,27,28)(H,25,26,30). The average molecular weight is 478 g/mol. The van der Waals surface area contributed by atoms with Crippen molar-refractivity contribution >= 4 is 37.9 Å². The number of ether oxygens (including phenoxy) is 1. The van der Waals surface area contributed by atoms with Gasteiger partial charge in [0.1, 0.15) is 11.2 Å². The van der Waals surface area contributed by atoms with Crippen molar-refractivity contribution in [3.05, 3.63) is 71.3 Å². The first-order chi connectivity index (χ1) is 16.4. The lowest BCUT2D eigenvalue weighted by atomic mass is 10.1. The molecule has 4 aromatic rings. The fourth-order valence-corrected chi connectivity index (χ4v) is 4.59. The molecule has 10 heteroatoms. The molecule has 174 valence electrons. The number of H-pyrrole nitrogens is 1. The van der Waals surface area contributed by atoms with E-state index in [9.17, 15) is 13.2 Å². The Morgan fingerprint density at radius 1 is 1.06 bits per heavy atom. The van der Waals surface area contributed by atoms with Crippen LogP contribution in [0.5, 0.6) is 0 Å². The summed E-state index contributed by atoms with van der Waals surface area (Å²) in [5.41, 5.74) is 3.10. The highest BCUT2D eigenvalue weighted by Gasteiger charge is 2.15. The van der Waals surface area contributed by atoms with E-state index in [4.69, 9.17) is 4.74 Å². The van der Waals surface area contributed by atoms with Crippen LogP contribution in [0.2, 0.25) is 0 Å². The van der Waals surface area contributed by atoms with Crippen molar-refractivity contribution in [2.24, 2.45) is 0 Å². The SMILES string of the molecule is CS(=O)(=O)c1cccc(-c2cc3nc[nH]c(=O)c3c(Nc3ccc(N4CCOCC4)cc3)n2)c1. The van der Waals surface area contributed by atoms with E-state index in [1.807, 2.05) is 24.3 Å². The Hall–Kier alpha value is -3.76. The number of nitrogens with one attached hydrogen (secondary N) is 2. The zero-order valence-corrected chi connectivity index (χ0v) is 19.3. The smallest absolute Gasteiger partial charge is 0.262 e. The number of rotatable bonds is 5. The number of pyridine rings is 1. The van der Waals surface area contributed by atoms with Gasteiger partial charge in [0.2, 0.25) is 0 Å². The molecule has 1 aliphatic rings. The van der Waals surface area contributed by atoms with E-state index in [2.05, 4.69) is 25.2 Å². The second kappa shape index (κ2) is 8.88. The summed E-state index contributed by atoms with van der Waals surface area (Å²) >= 11 is 0. The molecule has 0 bridgehead atoms. The molecule has 1 fully saturated rings. The molecule has 0 radical (unpaired) electrons. The maximum Gasteiger partial charge on any atom is 0.262 e. The van der Waals surface area contributed by atoms with Crippen LogP contribution in [0.1, 0.15) is 0 Å². The van der Waals surface area contributed by atoms with Crippen molar-refractivity contribution in [3.63, 3.8) is 0 Å². The molecule has 0 atom stereocenters. The Morgan fingerprint density at radius 2 is 1.82 bits per heavy atom. The number of anilines is 3. The van der Waals surface area contributed by atoms with Crippen molar-refractivity contribution in [1.29, 1.82) is 0 Å². The first-order valence-electron chi connectivity index (χ1n) is 10.8. The zero-order valence-electron chi connectivity index (χ0n) is 18.5. The molecule has 3 heterocycles. The van der Waals surface area contributed by atoms with Gasteiger partial charge in [0.25, 0.3) is 5.56 Å². The molecule has 1 saturated heterocycles. The van der Waals surface area contributed by atoms with E-state index >= 15 is 0 Å². The van der Waals surface area contributed by atoms with Crippen molar-refractivity contribution in [2.45, 2.75) is 4.90 Å². The van der Waals surface area contributed by atoms with Crippen LogP contribution in [0, 0.1) is 0 Å². The van der Waals surface area contributed by atoms with Crippen LogP contribution in [-0.4, -0.2) is 55.9 Å². The first-order valence-corrected chi connectivity index (χ1v) is 12.7. The number of hydrogen-bond acceptors (Lipinski definition) is 8. The number of morpholine rings is 1. The predicted octanol–water partition coefficient (Wildman–Crippen LogP) is 2.97. The van der Waals surface area contributed by atoms with Crippen LogP contribution in [0.25, 0.3) is 22.2 Å². The lowest BCUT2D eigenvalue weighted by Gasteiger charge is -2.28. The Balaban J connectivity index is 1.55. The zero-order chi connectivity index (χ0) is 23.7. The third kappa shape index (κ3) is 4.50. The maximum atomic E-state index is 12.6. The molecule has 0 saturated carbocycles. The molecule has 9 nitrogen and oxygen atoms in total. The molecule has 2 aromatic carbocycles. The highest BCUT2D eigenvalue weighted by Crippen LogP contribution is 2.29. The Labute approximate surface area is 196 Å². The van der Waals surface area contributed by atoms with Gasteiger partial charge in [0, 0.05) is 36.3 Å². The number of sulfone groups is 1. The third-order valence-corrected chi connectivity index (χ3v) is 6.80. The van der Waals surface area contributed by atoms with Crippen LogP contribution in [-0.2, 0) is 14.6 Å². The highest BCUT2D eigenvalue weighted by molar-refractivity contribution is 7.90. The quantitative estimate of drug-likeness (QED) is 0.451. The molecule has 34 heavy (non-hydrogen) atoms.